The summed E-state index contributed by atoms with van der Waals surface area (Å²) in [4.78, 5) is 0. The average Bonchev–Trinajstić information content (AvgIpc) is 2.58. The Bertz CT molecular complexity index is 390. The summed E-state index contributed by atoms with van der Waals surface area (Å²) in [5, 5.41) is 1.19. The predicted molar refractivity (Wildman–Crippen MR) is 51.8 cm³/mol. The Morgan fingerprint density at radius 3 is 3.00 bits per heavy atom. The molecule has 0 atom stereocenters. The van der Waals surface area contributed by atoms with Crippen LogP contribution in [0.1, 0.15) is 5.56 Å². The Labute approximate surface area is 77.1 Å². The fraction of sp³-hybridized carbons (Fsp3) is 0.273. The summed E-state index contributed by atoms with van der Waals surface area (Å²) in [6.45, 7) is 0.740. The number of hydrogen-bond acceptors (Lipinski definition) is 2. The lowest BCUT2D eigenvalue weighted by Gasteiger charge is -1.95. The number of hydrogen-bond donors (Lipinski definition) is 0. The van der Waals surface area contributed by atoms with Crippen LogP contribution in [0.3, 0.4) is 0 Å². The maximum absolute atomic E-state index is 5.39. The van der Waals surface area contributed by atoms with E-state index >= 15 is 0 Å². The maximum atomic E-state index is 5.39. The van der Waals surface area contributed by atoms with Crippen molar-refractivity contribution in [3.8, 4) is 0 Å². The summed E-state index contributed by atoms with van der Waals surface area (Å²) in [6, 6.07) is 8.05. The van der Waals surface area contributed by atoms with Crippen LogP contribution in [0.5, 0.6) is 0 Å². The summed E-state index contributed by atoms with van der Waals surface area (Å²) in [6.07, 6.45) is 2.72. The third-order valence-corrected chi connectivity index (χ3v) is 2.14. The van der Waals surface area contributed by atoms with Crippen molar-refractivity contribution in [2.75, 3.05) is 13.7 Å². The lowest BCUT2D eigenvalue weighted by molar-refractivity contribution is 0.202. The summed E-state index contributed by atoms with van der Waals surface area (Å²) < 4.78 is 10.4. The average molecular weight is 176 g/mol. The molecule has 2 nitrogen and oxygen atoms in total. The van der Waals surface area contributed by atoms with Crippen LogP contribution in [0.4, 0.5) is 0 Å². The Morgan fingerprint density at radius 1 is 1.31 bits per heavy atom. The second-order valence-electron chi connectivity index (χ2n) is 3.00. The smallest absolute Gasteiger partial charge is 0.134 e. The van der Waals surface area contributed by atoms with Gasteiger partial charge in [-0.05, 0) is 12.5 Å². The molecule has 0 radical (unpaired) electrons. The molecule has 2 rings (SSSR count). The van der Waals surface area contributed by atoms with Crippen molar-refractivity contribution in [3.63, 3.8) is 0 Å². The molecule has 0 unspecified atom stereocenters. The molecule has 1 aromatic heterocycles. The lowest BCUT2D eigenvalue weighted by atomic mass is 10.1. The topological polar surface area (TPSA) is 22.4 Å². The summed E-state index contributed by atoms with van der Waals surface area (Å²) in [7, 11) is 1.71. The van der Waals surface area contributed by atoms with Crippen molar-refractivity contribution >= 4 is 11.0 Å². The van der Waals surface area contributed by atoms with Gasteiger partial charge in [0.15, 0.2) is 0 Å². The molecule has 1 heterocycles. The third kappa shape index (κ3) is 1.58. The van der Waals surface area contributed by atoms with Crippen molar-refractivity contribution in [1.82, 2.24) is 0 Å². The van der Waals surface area contributed by atoms with E-state index in [4.69, 9.17) is 9.15 Å². The number of furan rings is 1. The zero-order valence-electron chi connectivity index (χ0n) is 7.62. The first-order chi connectivity index (χ1) is 6.42. The Balaban J connectivity index is 2.35. The van der Waals surface area contributed by atoms with Gasteiger partial charge in [-0.25, -0.2) is 0 Å². The number of para-hydroxylation sites is 1. The molecule has 2 aromatic rings. The highest BCUT2D eigenvalue weighted by atomic mass is 16.5. The SMILES string of the molecule is COCCc1coc2ccccc12. The summed E-state index contributed by atoms with van der Waals surface area (Å²) in [5.41, 5.74) is 2.17. The zero-order valence-corrected chi connectivity index (χ0v) is 7.62. The Morgan fingerprint density at radius 2 is 2.15 bits per heavy atom. The maximum Gasteiger partial charge on any atom is 0.134 e. The standard InChI is InChI=1S/C11H12O2/c1-12-7-6-9-8-13-11-5-3-2-4-10(9)11/h2-5,8H,6-7H2,1H3. The first-order valence-corrected chi connectivity index (χ1v) is 4.36. The molecule has 0 N–H and O–H groups in total. The second-order valence-corrected chi connectivity index (χ2v) is 3.00. The number of fused-ring (bicyclic) bond motifs is 1. The van der Waals surface area contributed by atoms with Crippen molar-refractivity contribution in [2.24, 2.45) is 0 Å². The molecule has 0 bridgehead atoms. The normalized spacial score (nSPS) is 10.8. The fourth-order valence-electron chi connectivity index (χ4n) is 1.44. The van der Waals surface area contributed by atoms with Gasteiger partial charge in [-0.15, -0.1) is 0 Å². The van der Waals surface area contributed by atoms with Crippen LogP contribution in [0.2, 0.25) is 0 Å². The molecule has 0 aliphatic heterocycles. The van der Waals surface area contributed by atoms with Gasteiger partial charge in [0, 0.05) is 18.1 Å². The van der Waals surface area contributed by atoms with Crippen molar-refractivity contribution in [3.05, 3.63) is 36.1 Å². The van der Waals surface area contributed by atoms with Crippen LogP contribution in [0.25, 0.3) is 11.0 Å². The molecular weight excluding hydrogens is 164 g/mol. The molecule has 0 saturated heterocycles. The Hall–Kier alpha value is -1.28. The number of benzene rings is 1. The van der Waals surface area contributed by atoms with E-state index in [1.54, 1.807) is 7.11 Å². The number of ether oxygens (including phenoxy) is 1. The first-order valence-electron chi connectivity index (χ1n) is 4.36. The van der Waals surface area contributed by atoms with Gasteiger partial charge < -0.3 is 9.15 Å². The molecule has 68 valence electrons. The van der Waals surface area contributed by atoms with Gasteiger partial charge in [0.2, 0.25) is 0 Å². The summed E-state index contributed by atoms with van der Waals surface area (Å²) >= 11 is 0. The molecule has 0 amide bonds. The van der Waals surface area contributed by atoms with Crippen LogP contribution in [-0.2, 0) is 11.2 Å². The monoisotopic (exact) mass is 176 g/mol. The van der Waals surface area contributed by atoms with Crippen molar-refractivity contribution in [2.45, 2.75) is 6.42 Å². The lowest BCUT2D eigenvalue weighted by Crippen LogP contribution is -1.92. The van der Waals surface area contributed by atoms with Crippen LogP contribution in [-0.4, -0.2) is 13.7 Å². The van der Waals surface area contributed by atoms with E-state index in [1.165, 1.54) is 10.9 Å². The minimum absolute atomic E-state index is 0.740. The van der Waals surface area contributed by atoms with Crippen LogP contribution in [0, 0.1) is 0 Å². The van der Waals surface area contributed by atoms with Gasteiger partial charge in [0.1, 0.15) is 5.58 Å². The highest BCUT2D eigenvalue weighted by molar-refractivity contribution is 5.80. The Kier molecular flexibility index (Phi) is 2.32. The van der Waals surface area contributed by atoms with Crippen LogP contribution >= 0.6 is 0 Å². The second kappa shape index (κ2) is 3.62. The largest absolute Gasteiger partial charge is 0.464 e. The third-order valence-electron chi connectivity index (χ3n) is 2.14. The number of rotatable bonds is 3. The highest BCUT2D eigenvalue weighted by Crippen LogP contribution is 2.20. The zero-order chi connectivity index (χ0) is 9.10. The fourth-order valence-corrected chi connectivity index (χ4v) is 1.44. The molecule has 2 heteroatoms. The summed E-state index contributed by atoms with van der Waals surface area (Å²) in [5.74, 6) is 0. The van der Waals surface area contributed by atoms with E-state index in [-0.39, 0.29) is 0 Å². The van der Waals surface area contributed by atoms with Gasteiger partial charge >= 0.3 is 0 Å². The van der Waals surface area contributed by atoms with E-state index in [1.807, 2.05) is 24.5 Å². The minimum Gasteiger partial charge on any atom is -0.464 e. The quantitative estimate of drug-likeness (QED) is 0.717. The minimum atomic E-state index is 0.740. The van der Waals surface area contributed by atoms with Gasteiger partial charge in [-0.1, -0.05) is 18.2 Å². The van der Waals surface area contributed by atoms with Gasteiger partial charge in [0.05, 0.1) is 12.9 Å². The molecule has 0 aliphatic carbocycles. The molecular formula is C11H12O2. The molecule has 0 aliphatic rings. The molecule has 0 fully saturated rings. The highest BCUT2D eigenvalue weighted by Gasteiger charge is 2.03. The van der Waals surface area contributed by atoms with Crippen molar-refractivity contribution in [1.29, 1.82) is 0 Å². The van der Waals surface area contributed by atoms with Crippen molar-refractivity contribution < 1.29 is 9.15 Å². The number of methoxy groups -OCH3 is 1. The van der Waals surface area contributed by atoms with E-state index in [0.29, 0.717) is 0 Å². The van der Waals surface area contributed by atoms with E-state index in [0.717, 1.165) is 18.6 Å². The van der Waals surface area contributed by atoms with E-state index < -0.39 is 0 Å². The van der Waals surface area contributed by atoms with Gasteiger partial charge in [0.25, 0.3) is 0 Å². The molecule has 0 saturated carbocycles. The van der Waals surface area contributed by atoms with Gasteiger partial charge in [-0.3, -0.25) is 0 Å². The molecule has 13 heavy (non-hydrogen) atoms. The molecule has 0 spiro atoms. The molecule has 1 aromatic carbocycles. The first kappa shape index (κ1) is 8.32. The van der Waals surface area contributed by atoms with E-state index in [9.17, 15) is 0 Å². The van der Waals surface area contributed by atoms with Crippen LogP contribution < -0.4 is 0 Å². The van der Waals surface area contributed by atoms with Crippen LogP contribution in [0.15, 0.2) is 34.9 Å². The predicted octanol–water partition coefficient (Wildman–Crippen LogP) is 2.62. The van der Waals surface area contributed by atoms with E-state index in [2.05, 4.69) is 6.07 Å². The van der Waals surface area contributed by atoms with Gasteiger partial charge in [-0.2, -0.15) is 0 Å².